The van der Waals surface area contributed by atoms with E-state index in [4.69, 9.17) is 14.5 Å². The molecule has 0 radical (unpaired) electrons. The molecule has 31 heavy (non-hydrogen) atoms. The average Bonchev–Trinajstić information content (AvgIpc) is 3.34. The first-order chi connectivity index (χ1) is 14.7. The minimum atomic E-state index is -1.34. The van der Waals surface area contributed by atoms with Crippen molar-refractivity contribution in [2.75, 3.05) is 11.6 Å². The van der Waals surface area contributed by atoms with Crippen molar-refractivity contribution in [3.8, 4) is 10.6 Å². The van der Waals surface area contributed by atoms with Gasteiger partial charge < -0.3 is 24.4 Å². The second-order valence-corrected chi connectivity index (χ2v) is 10.7. The number of fused-ring (bicyclic) bond motifs is 2. The summed E-state index contributed by atoms with van der Waals surface area (Å²) in [5.74, 6) is -0.215. The Morgan fingerprint density at radius 3 is 2.68 bits per heavy atom. The highest BCUT2D eigenvalue weighted by Gasteiger charge is 2.54. The Bertz CT molecular complexity index is 1100. The Labute approximate surface area is 187 Å². The molecule has 8 nitrogen and oxygen atoms in total. The van der Waals surface area contributed by atoms with Crippen LogP contribution in [0, 0.1) is 6.92 Å². The molecule has 10 heteroatoms. The van der Waals surface area contributed by atoms with Crippen LogP contribution in [-0.4, -0.2) is 61.0 Å². The van der Waals surface area contributed by atoms with Gasteiger partial charge in [-0.05, 0) is 39.3 Å². The molecular formula is C21H24N4O4S2. The minimum Gasteiger partial charge on any atom is -0.609 e. The van der Waals surface area contributed by atoms with Crippen molar-refractivity contribution in [3.05, 3.63) is 30.0 Å². The minimum absolute atomic E-state index is 0.220. The Kier molecular flexibility index (Phi) is 5.19. The monoisotopic (exact) mass is 460 g/mol. The molecule has 3 heterocycles. The molecule has 1 aromatic carbocycles. The second-order valence-electron chi connectivity index (χ2n) is 8.37. The number of anilines is 1. The standard InChI is InChI=1S/C21H24N4O4S2/c1-10-15(19-24-11-7-5-6-8-14(11)30-19)18(25-20(22-10)31(4)27)23-12-9-13(26)17-16(12)28-21(2,3)29-17/h5-8,12-13,16-17,26H,9H2,1-4H3,(H,22,23,25)/t12-,13+,16+,17-,31?/m1/s1. The summed E-state index contributed by atoms with van der Waals surface area (Å²) in [5, 5.41) is 15.0. The quantitative estimate of drug-likeness (QED) is 0.451. The van der Waals surface area contributed by atoms with E-state index >= 15 is 0 Å². The first kappa shape index (κ1) is 21.0. The van der Waals surface area contributed by atoms with Crippen LogP contribution >= 0.6 is 11.3 Å². The van der Waals surface area contributed by atoms with E-state index in [1.165, 1.54) is 0 Å². The first-order valence-electron chi connectivity index (χ1n) is 10.1. The summed E-state index contributed by atoms with van der Waals surface area (Å²) in [5.41, 5.74) is 2.37. The third kappa shape index (κ3) is 3.81. The van der Waals surface area contributed by atoms with E-state index in [0.29, 0.717) is 17.9 Å². The average molecular weight is 461 g/mol. The number of hydrogen-bond acceptors (Lipinski definition) is 9. The van der Waals surface area contributed by atoms with Gasteiger partial charge in [0.2, 0.25) is 0 Å². The zero-order valence-corrected chi connectivity index (χ0v) is 19.3. The van der Waals surface area contributed by atoms with Gasteiger partial charge in [0.1, 0.15) is 29.3 Å². The van der Waals surface area contributed by atoms with Crippen molar-refractivity contribution in [3.63, 3.8) is 0 Å². The van der Waals surface area contributed by atoms with Gasteiger partial charge in [0.05, 0.1) is 33.6 Å². The molecule has 164 valence electrons. The summed E-state index contributed by atoms with van der Waals surface area (Å²) < 4.78 is 25.2. The van der Waals surface area contributed by atoms with E-state index in [1.54, 1.807) is 17.6 Å². The fraction of sp³-hybridized carbons (Fsp3) is 0.476. The van der Waals surface area contributed by atoms with Gasteiger partial charge in [-0.15, -0.1) is 11.3 Å². The van der Waals surface area contributed by atoms with E-state index in [2.05, 4.69) is 15.3 Å². The van der Waals surface area contributed by atoms with Crippen LogP contribution in [0.15, 0.2) is 29.4 Å². The number of thiazole rings is 1. The lowest BCUT2D eigenvalue weighted by Gasteiger charge is -2.24. The predicted molar refractivity (Wildman–Crippen MR) is 120 cm³/mol. The zero-order chi connectivity index (χ0) is 21.9. The molecule has 0 spiro atoms. The normalized spacial score (nSPS) is 28.1. The number of nitrogens with zero attached hydrogens (tertiary/aromatic N) is 3. The van der Waals surface area contributed by atoms with Crippen LogP contribution in [0.5, 0.6) is 0 Å². The molecule has 2 aliphatic rings. The molecule has 2 N–H and O–H groups in total. The van der Waals surface area contributed by atoms with Gasteiger partial charge in [0, 0.05) is 11.2 Å². The molecule has 2 fully saturated rings. The maximum Gasteiger partial charge on any atom is 0.344 e. The summed E-state index contributed by atoms with van der Waals surface area (Å²) in [4.78, 5) is 13.8. The Morgan fingerprint density at radius 2 is 1.94 bits per heavy atom. The molecule has 5 atom stereocenters. The number of nitrogens with one attached hydrogen (secondary N) is 1. The zero-order valence-electron chi connectivity index (χ0n) is 17.7. The highest BCUT2D eigenvalue weighted by Crippen LogP contribution is 2.41. The fourth-order valence-corrected chi connectivity index (χ4v) is 5.84. The van der Waals surface area contributed by atoms with E-state index in [-0.39, 0.29) is 17.3 Å². The summed E-state index contributed by atoms with van der Waals surface area (Å²) in [7, 11) is 0. The molecule has 3 aromatic rings. The summed E-state index contributed by atoms with van der Waals surface area (Å²) >= 11 is 0.217. The highest BCUT2D eigenvalue weighted by molar-refractivity contribution is 7.90. The molecular weight excluding hydrogens is 436 g/mol. The largest absolute Gasteiger partial charge is 0.609 e. The molecule has 1 saturated carbocycles. The van der Waals surface area contributed by atoms with Crippen LogP contribution in [0.3, 0.4) is 0 Å². The highest BCUT2D eigenvalue weighted by atomic mass is 32.2. The predicted octanol–water partition coefficient (Wildman–Crippen LogP) is 2.86. The van der Waals surface area contributed by atoms with Gasteiger partial charge in [-0.1, -0.05) is 12.1 Å². The number of aromatic nitrogens is 3. The number of benzene rings is 1. The van der Waals surface area contributed by atoms with Crippen molar-refractivity contribution >= 4 is 38.5 Å². The summed E-state index contributed by atoms with van der Waals surface area (Å²) in [6.07, 6.45) is 0.651. The lowest BCUT2D eigenvalue weighted by Crippen LogP contribution is -2.35. The van der Waals surface area contributed by atoms with Gasteiger partial charge >= 0.3 is 5.16 Å². The molecule has 1 aliphatic heterocycles. The molecule has 1 aliphatic carbocycles. The first-order valence-corrected chi connectivity index (χ1v) is 12.5. The van der Waals surface area contributed by atoms with Crippen molar-refractivity contribution in [2.24, 2.45) is 0 Å². The Morgan fingerprint density at radius 1 is 1.19 bits per heavy atom. The van der Waals surface area contributed by atoms with Gasteiger partial charge in [-0.2, -0.15) is 9.97 Å². The second kappa shape index (κ2) is 7.65. The number of aryl methyl sites for hydroxylation is 1. The fourth-order valence-electron chi connectivity index (χ4n) is 4.29. The number of para-hydroxylation sites is 1. The van der Waals surface area contributed by atoms with Crippen LogP contribution in [0.4, 0.5) is 5.82 Å². The van der Waals surface area contributed by atoms with Crippen LogP contribution in [0.25, 0.3) is 20.8 Å². The number of aliphatic hydroxyl groups is 1. The van der Waals surface area contributed by atoms with Gasteiger partial charge in [0.25, 0.3) is 0 Å². The third-order valence-corrected chi connectivity index (χ3v) is 7.34. The molecule has 2 aromatic heterocycles. The van der Waals surface area contributed by atoms with Crippen LogP contribution < -0.4 is 5.32 Å². The van der Waals surface area contributed by atoms with Crippen molar-refractivity contribution in [2.45, 2.75) is 62.5 Å². The van der Waals surface area contributed by atoms with Gasteiger partial charge in [0.15, 0.2) is 5.79 Å². The SMILES string of the molecule is Cc1nc([S+](C)[O-])nc(N[C@@H]2C[C@H](O)[C@H]3OC(C)(C)O[C@H]32)c1-c1nc2ccccc2s1. The van der Waals surface area contributed by atoms with Gasteiger partial charge in [-0.25, -0.2) is 4.98 Å². The molecule has 5 rings (SSSR count). The number of rotatable bonds is 4. The van der Waals surface area contributed by atoms with Crippen LogP contribution in [0.1, 0.15) is 26.0 Å². The third-order valence-electron chi connectivity index (χ3n) is 5.59. The van der Waals surface area contributed by atoms with Gasteiger partial charge in [-0.3, -0.25) is 0 Å². The summed E-state index contributed by atoms with van der Waals surface area (Å²) in [6.45, 7) is 5.55. The van der Waals surface area contributed by atoms with Crippen molar-refractivity contribution in [1.82, 2.24) is 15.0 Å². The lowest BCUT2D eigenvalue weighted by molar-refractivity contribution is -0.162. The van der Waals surface area contributed by atoms with E-state index < -0.39 is 29.2 Å². The molecule has 0 bridgehead atoms. The number of hydrogen-bond donors (Lipinski definition) is 2. The van der Waals surface area contributed by atoms with E-state index in [9.17, 15) is 9.66 Å². The molecule has 1 unspecified atom stereocenters. The topological polar surface area (TPSA) is 112 Å². The summed E-state index contributed by atoms with van der Waals surface area (Å²) in [6, 6.07) is 7.71. The number of aliphatic hydroxyl groups excluding tert-OH is 1. The number of ether oxygens (including phenoxy) is 2. The lowest BCUT2D eigenvalue weighted by atomic mass is 10.1. The van der Waals surface area contributed by atoms with E-state index in [0.717, 1.165) is 20.8 Å². The van der Waals surface area contributed by atoms with Crippen molar-refractivity contribution < 1.29 is 19.1 Å². The van der Waals surface area contributed by atoms with Crippen molar-refractivity contribution in [1.29, 1.82) is 0 Å². The Hall–Kier alpha value is -1.82. The van der Waals surface area contributed by atoms with E-state index in [1.807, 2.05) is 45.0 Å². The maximum atomic E-state index is 12.2. The molecule has 1 saturated heterocycles. The van der Waals surface area contributed by atoms with Crippen LogP contribution in [-0.2, 0) is 20.6 Å². The maximum absolute atomic E-state index is 12.2. The Balaban J connectivity index is 1.57. The molecule has 0 amide bonds. The van der Waals surface area contributed by atoms with Crippen LogP contribution in [0.2, 0.25) is 0 Å². The smallest absolute Gasteiger partial charge is 0.344 e.